The van der Waals surface area contributed by atoms with Crippen LogP contribution in [0.4, 0.5) is 4.79 Å². The Morgan fingerprint density at radius 2 is 1.92 bits per heavy atom. The van der Waals surface area contributed by atoms with Gasteiger partial charge in [-0.3, -0.25) is 9.69 Å². The van der Waals surface area contributed by atoms with Crippen LogP contribution in [0.15, 0.2) is 45.9 Å². The number of hydrogen-bond acceptors (Lipinski definition) is 5. The first-order valence-electron chi connectivity index (χ1n) is 8.21. The SMILES string of the molecule is O=C1CN(/N=C/c2ccc(-c3ccc(Cl)cc3)o2)C(=O)N1CCCCO. The lowest BCUT2D eigenvalue weighted by Gasteiger charge is -2.12. The minimum absolute atomic E-state index is 0.0343. The molecule has 26 heavy (non-hydrogen) atoms. The Labute approximate surface area is 155 Å². The van der Waals surface area contributed by atoms with Crippen LogP contribution in [0.1, 0.15) is 18.6 Å². The number of rotatable bonds is 7. The predicted molar refractivity (Wildman–Crippen MR) is 96.9 cm³/mol. The maximum Gasteiger partial charge on any atom is 0.347 e. The standard InChI is InChI=1S/C18H18ClN3O4/c19-14-5-3-13(4-6-14)16-8-7-15(26-16)11-20-22-12-17(24)21(18(22)25)9-1-2-10-23/h3-8,11,23H,1-2,9-10,12H2/b20-11+. The number of carbonyl (C=O) groups is 2. The Balaban J connectivity index is 1.64. The fourth-order valence-corrected chi connectivity index (χ4v) is 2.66. The summed E-state index contributed by atoms with van der Waals surface area (Å²) < 4.78 is 5.68. The van der Waals surface area contributed by atoms with Crippen LogP contribution in [0, 0.1) is 0 Å². The average Bonchev–Trinajstić information content (AvgIpc) is 3.20. The lowest BCUT2D eigenvalue weighted by atomic mass is 10.2. The Morgan fingerprint density at radius 3 is 2.65 bits per heavy atom. The second-order valence-corrected chi connectivity index (χ2v) is 6.21. The molecule has 1 aromatic heterocycles. The summed E-state index contributed by atoms with van der Waals surface area (Å²) in [5.41, 5.74) is 0.872. The minimum atomic E-state index is -0.464. The molecule has 0 radical (unpaired) electrons. The molecule has 2 heterocycles. The first kappa shape index (κ1) is 18.2. The molecule has 0 bridgehead atoms. The van der Waals surface area contributed by atoms with Crippen molar-refractivity contribution in [3.63, 3.8) is 0 Å². The zero-order valence-corrected chi connectivity index (χ0v) is 14.7. The van der Waals surface area contributed by atoms with Crippen molar-refractivity contribution >= 4 is 29.8 Å². The molecular weight excluding hydrogens is 358 g/mol. The maximum atomic E-state index is 12.2. The van der Waals surface area contributed by atoms with Crippen molar-refractivity contribution in [1.82, 2.24) is 9.91 Å². The van der Waals surface area contributed by atoms with Crippen molar-refractivity contribution in [2.75, 3.05) is 19.7 Å². The molecule has 0 unspecified atom stereocenters. The van der Waals surface area contributed by atoms with Gasteiger partial charge in [-0.25, -0.2) is 9.80 Å². The number of aliphatic hydroxyl groups is 1. The molecule has 8 heteroatoms. The number of hydrazone groups is 1. The number of furan rings is 1. The summed E-state index contributed by atoms with van der Waals surface area (Å²) in [4.78, 5) is 25.3. The molecule has 1 N–H and O–H groups in total. The van der Waals surface area contributed by atoms with Gasteiger partial charge in [0.25, 0.3) is 5.91 Å². The van der Waals surface area contributed by atoms with Gasteiger partial charge in [-0.2, -0.15) is 5.10 Å². The van der Waals surface area contributed by atoms with Crippen LogP contribution in [-0.4, -0.2) is 52.9 Å². The Bertz CT molecular complexity index is 816. The van der Waals surface area contributed by atoms with Crippen molar-refractivity contribution in [2.24, 2.45) is 5.10 Å². The Hall–Kier alpha value is -2.64. The topological polar surface area (TPSA) is 86.4 Å². The highest BCUT2D eigenvalue weighted by atomic mass is 35.5. The molecule has 1 aliphatic heterocycles. The second kappa shape index (κ2) is 8.16. The van der Waals surface area contributed by atoms with E-state index >= 15 is 0 Å². The van der Waals surface area contributed by atoms with E-state index in [-0.39, 0.29) is 25.6 Å². The largest absolute Gasteiger partial charge is 0.455 e. The summed E-state index contributed by atoms with van der Waals surface area (Å²) in [6.07, 6.45) is 2.51. The number of amides is 3. The second-order valence-electron chi connectivity index (χ2n) is 5.77. The molecule has 2 aromatic rings. The molecule has 0 saturated carbocycles. The summed E-state index contributed by atoms with van der Waals surface area (Å²) in [6.45, 7) is 0.220. The highest BCUT2D eigenvalue weighted by molar-refractivity contribution is 6.30. The van der Waals surface area contributed by atoms with E-state index in [9.17, 15) is 9.59 Å². The third-order valence-corrected chi connectivity index (χ3v) is 4.16. The number of halogens is 1. The molecule has 136 valence electrons. The number of hydrogen-bond donors (Lipinski definition) is 1. The number of carbonyl (C=O) groups excluding carboxylic acids is 2. The molecule has 3 amide bonds. The summed E-state index contributed by atoms with van der Waals surface area (Å²) in [6, 6.07) is 10.3. The van der Waals surface area contributed by atoms with Crippen molar-refractivity contribution in [3.8, 4) is 11.3 Å². The molecule has 1 fully saturated rings. The first-order chi connectivity index (χ1) is 12.6. The van der Waals surface area contributed by atoms with Gasteiger partial charge in [0, 0.05) is 23.7 Å². The van der Waals surface area contributed by atoms with Crippen molar-refractivity contribution < 1.29 is 19.1 Å². The van der Waals surface area contributed by atoms with Gasteiger partial charge in [0.05, 0.1) is 6.21 Å². The van der Waals surface area contributed by atoms with Crippen LogP contribution in [-0.2, 0) is 4.79 Å². The lowest BCUT2D eigenvalue weighted by Crippen LogP contribution is -2.32. The average molecular weight is 376 g/mol. The van der Waals surface area contributed by atoms with Crippen LogP contribution < -0.4 is 0 Å². The number of unbranched alkanes of at least 4 members (excludes halogenated alkanes) is 1. The number of aliphatic hydroxyl groups excluding tert-OH is 1. The van der Waals surface area contributed by atoms with Crippen LogP contribution in [0.5, 0.6) is 0 Å². The molecule has 1 saturated heterocycles. The smallest absolute Gasteiger partial charge is 0.347 e. The third-order valence-electron chi connectivity index (χ3n) is 3.91. The van der Waals surface area contributed by atoms with Gasteiger partial charge in [0.1, 0.15) is 18.1 Å². The molecule has 7 nitrogen and oxygen atoms in total. The lowest BCUT2D eigenvalue weighted by molar-refractivity contribution is -0.125. The van der Waals surface area contributed by atoms with Gasteiger partial charge >= 0.3 is 6.03 Å². The van der Waals surface area contributed by atoms with E-state index in [0.717, 1.165) is 15.5 Å². The van der Waals surface area contributed by atoms with E-state index in [0.29, 0.717) is 29.4 Å². The van der Waals surface area contributed by atoms with Crippen LogP contribution >= 0.6 is 11.6 Å². The molecule has 0 atom stereocenters. The number of nitrogens with zero attached hydrogens (tertiary/aromatic N) is 3. The van der Waals surface area contributed by atoms with Gasteiger partial charge in [0.2, 0.25) is 0 Å². The zero-order valence-electron chi connectivity index (χ0n) is 14.0. The Kier molecular flexibility index (Phi) is 5.70. The van der Waals surface area contributed by atoms with E-state index in [1.807, 2.05) is 12.1 Å². The molecular formula is C18H18ClN3O4. The van der Waals surface area contributed by atoms with Crippen LogP contribution in [0.2, 0.25) is 5.02 Å². The van der Waals surface area contributed by atoms with E-state index in [1.165, 1.54) is 6.21 Å². The van der Waals surface area contributed by atoms with Gasteiger partial charge < -0.3 is 9.52 Å². The van der Waals surface area contributed by atoms with Gasteiger partial charge in [-0.1, -0.05) is 11.6 Å². The zero-order chi connectivity index (χ0) is 18.5. The molecule has 1 aliphatic rings. The van der Waals surface area contributed by atoms with E-state index in [1.54, 1.807) is 24.3 Å². The fraction of sp³-hybridized carbons (Fsp3) is 0.278. The molecule has 0 aliphatic carbocycles. The van der Waals surface area contributed by atoms with Crippen LogP contribution in [0.25, 0.3) is 11.3 Å². The monoisotopic (exact) mass is 375 g/mol. The summed E-state index contributed by atoms with van der Waals surface area (Å²) in [5.74, 6) is 0.817. The number of urea groups is 1. The van der Waals surface area contributed by atoms with Crippen molar-refractivity contribution in [1.29, 1.82) is 0 Å². The summed E-state index contributed by atoms with van der Waals surface area (Å²) >= 11 is 5.87. The van der Waals surface area contributed by atoms with Crippen molar-refractivity contribution in [2.45, 2.75) is 12.8 Å². The predicted octanol–water partition coefficient (Wildman–Crippen LogP) is 2.97. The van der Waals surface area contributed by atoms with E-state index in [4.69, 9.17) is 21.1 Å². The third kappa shape index (κ3) is 4.12. The highest BCUT2D eigenvalue weighted by Crippen LogP contribution is 2.23. The van der Waals surface area contributed by atoms with Gasteiger partial charge in [-0.15, -0.1) is 0 Å². The number of imide groups is 1. The highest BCUT2D eigenvalue weighted by Gasteiger charge is 2.35. The fourth-order valence-electron chi connectivity index (χ4n) is 2.54. The van der Waals surface area contributed by atoms with Gasteiger partial charge in [-0.05, 0) is 49.2 Å². The number of benzene rings is 1. The normalized spacial score (nSPS) is 14.8. The molecule has 0 spiro atoms. The van der Waals surface area contributed by atoms with Crippen LogP contribution in [0.3, 0.4) is 0 Å². The summed E-state index contributed by atoms with van der Waals surface area (Å²) in [5, 5.41) is 14.6. The van der Waals surface area contributed by atoms with E-state index in [2.05, 4.69) is 5.10 Å². The minimum Gasteiger partial charge on any atom is -0.455 e. The van der Waals surface area contributed by atoms with E-state index < -0.39 is 6.03 Å². The van der Waals surface area contributed by atoms with Gasteiger partial charge in [0.15, 0.2) is 0 Å². The quantitative estimate of drug-likeness (QED) is 0.458. The first-order valence-corrected chi connectivity index (χ1v) is 8.59. The molecule has 1 aromatic carbocycles. The Morgan fingerprint density at radius 1 is 1.15 bits per heavy atom. The summed E-state index contributed by atoms with van der Waals surface area (Å²) in [7, 11) is 0. The van der Waals surface area contributed by atoms with Crippen molar-refractivity contribution in [3.05, 3.63) is 47.2 Å². The maximum absolute atomic E-state index is 12.2. The molecule has 3 rings (SSSR count).